The summed E-state index contributed by atoms with van der Waals surface area (Å²) >= 11 is 0. The molecule has 0 bridgehead atoms. The summed E-state index contributed by atoms with van der Waals surface area (Å²) < 4.78 is 62.3. The van der Waals surface area contributed by atoms with Gasteiger partial charge in [-0.3, -0.25) is 14.8 Å². The van der Waals surface area contributed by atoms with Crippen LogP contribution in [0.3, 0.4) is 0 Å². The monoisotopic (exact) mass is 499 g/mol. The highest BCUT2D eigenvalue weighted by Gasteiger charge is 2.34. The Balaban J connectivity index is 1.72. The van der Waals surface area contributed by atoms with Crippen LogP contribution in [0.25, 0.3) is 5.57 Å². The molecule has 0 spiro atoms. The summed E-state index contributed by atoms with van der Waals surface area (Å²) in [6.07, 6.45) is 1.09. The minimum absolute atomic E-state index is 0.197. The fourth-order valence-corrected chi connectivity index (χ4v) is 3.42. The third-order valence-corrected chi connectivity index (χ3v) is 5.17. The number of halogens is 4. The maximum Gasteiger partial charge on any atom is 0.297 e. The number of aliphatic hydroxyl groups is 1. The van der Waals surface area contributed by atoms with Crippen molar-refractivity contribution in [2.75, 3.05) is 0 Å². The minimum atomic E-state index is -3.61. The molecule has 0 amide bonds. The zero-order chi connectivity index (χ0) is 26.0. The van der Waals surface area contributed by atoms with Gasteiger partial charge in [0.05, 0.1) is 24.1 Å². The molecule has 0 saturated heterocycles. The third-order valence-electron chi connectivity index (χ3n) is 5.17. The lowest BCUT2D eigenvalue weighted by Gasteiger charge is -2.21. The molecule has 1 atom stereocenters. The number of nitrogens with one attached hydrogen (secondary N) is 1. The van der Waals surface area contributed by atoms with Crippen molar-refractivity contribution < 1.29 is 27.4 Å². The van der Waals surface area contributed by atoms with Gasteiger partial charge in [-0.25, -0.2) is 13.8 Å². The van der Waals surface area contributed by atoms with E-state index in [9.17, 15) is 27.5 Å². The molecular weight excluding hydrogens is 482 g/mol. The van der Waals surface area contributed by atoms with Gasteiger partial charge in [0.25, 0.3) is 11.5 Å². The molecule has 0 saturated carbocycles. The topological polar surface area (TPSA) is 113 Å². The van der Waals surface area contributed by atoms with Gasteiger partial charge in [0.15, 0.2) is 23.5 Å². The van der Waals surface area contributed by atoms with Crippen LogP contribution in [0, 0.1) is 23.0 Å². The first kappa shape index (κ1) is 24.6. The maximum absolute atomic E-state index is 14.5. The van der Waals surface area contributed by atoms with E-state index in [2.05, 4.69) is 15.5 Å². The summed E-state index contributed by atoms with van der Waals surface area (Å²) in [5.41, 5.74) is 0.975. The second-order valence-electron chi connectivity index (χ2n) is 7.82. The van der Waals surface area contributed by atoms with E-state index in [0.717, 1.165) is 23.0 Å². The fraction of sp³-hybridized carbons (Fsp3) is 0.167. The second-order valence-corrected chi connectivity index (χ2v) is 7.82. The van der Waals surface area contributed by atoms with Crippen LogP contribution in [0.2, 0.25) is 0 Å². The minimum Gasteiger partial charge on any atom is -0.446 e. The van der Waals surface area contributed by atoms with Gasteiger partial charge in [-0.2, -0.15) is 19.1 Å². The zero-order valence-electron chi connectivity index (χ0n) is 18.5. The summed E-state index contributed by atoms with van der Waals surface area (Å²) in [6.45, 7) is 0.213. The van der Waals surface area contributed by atoms with E-state index in [1.54, 1.807) is 6.07 Å². The first-order valence-electron chi connectivity index (χ1n) is 10.4. The summed E-state index contributed by atoms with van der Waals surface area (Å²) in [5, 5.41) is 23.2. The van der Waals surface area contributed by atoms with Crippen LogP contribution in [0.1, 0.15) is 23.7 Å². The largest absolute Gasteiger partial charge is 0.446 e. The number of hydrogen-bond acceptors (Lipinski definition) is 7. The molecule has 0 aliphatic carbocycles. The van der Waals surface area contributed by atoms with Crippen molar-refractivity contribution in [1.29, 1.82) is 5.26 Å². The molecule has 4 rings (SSSR count). The molecule has 0 radical (unpaired) electrons. The Hall–Kier alpha value is -4.50. The number of allylic oxidation sites excluding steroid dienone is 1. The molecule has 1 aliphatic rings. The molecule has 2 aromatic carbocycles. The maximum atomic E-state index is 14.5. The van der Waals surface area contributed by atoms with Crippen LogP contribution >= 0.6 is 0 Å². The Morgan fingerprint density at radius 1 is 1.22 bits per heavy atom. The SMILES string of the molecule is CC(F)(F)c1ncn(CC2=NNC(O)C(c3ccc(F)cc3)=C2)c(=O)c1Oc1cccc(C#N)c1F. The number of rotatable bonds is 6. The molecule has 184 valence electrons. The smallest absolute Gasteiger partial charge is 0.297 e. The molecule has 12 heteroatoms. The van der Waals surface area contributed by atoms with Crippen LogP contribution in [-0.4, -0.2) is 26.6 Å². The predicted molar refractivity (Wildman–Crippen MR) is 120 cm³/mol. The lowest BCUT2D eigenvalue weighted by atomic mass is 10.0. The lowest BCUT2D eigenvalue weighted by molar-refractivity contribution is 0.0100. The number of hydrazone groups is 1. The average molecular weight is 499 g/mol. The molecule has 1 unspecified atom stereocenters. The Labute approximate surface area is 201 Å². The highest BCUT2D eigenvalue weighted by Crippen LogP contribution is 2.34. The van der Waals surface area contributed by atoms with Crippen molar-refractivity contribution in [3.8, 4) is 17.6 Å². The number of aromatic nitrogens is 2. The van der Waals surface area contributed by atoms with E-state index in [4.69, 9.17) is 10.00 Å². The summed E-state index contributed by atoms with van der Waals surface area (Å²) in [6, 6.07) is 10.4. The Bertz CT molecular complexity index is 1470. The number of nitriles is 1. The fourth-order valence-electron chi connectivity index (χ4n) is 3.42. The van der Waals surface area contributed by atoms with Gasteiger partial charge in [-0.05, 0) is 35.9 Å². The standard InChI is InChI=1S/C24H17F4N5O3/c1-24(27,28)21-20(36-18-4-2-3-14(10-29)19(18)26)23(35)33(12-30-21)11-16-9-17(22(34)32-31-16)13-5-7-15(25)8-6-13/h2-9,12,22,32,34H,11H2,1H3. The molecule has 3 aromatic rings. The molecule has 1 aliphatic heterocycles. The summed E-state index contributed by atoms with van der Waals surface area (Å²) in [5.74, 6) is -6.73. The molecule has 8 nitrogen and oxygen atoms in total. The van der Waals surface area contributed by atoms with E-state index >= 15 is 0 Å². The molecule has 2 N–H and O–H groups in total. The van der Waals surface area contributed by atoms with E-state index in [-0.39, 0.29) is 12.3 Å². The van der Waals surface area contributed by atoms with Gasteiger partial charge in [0.2, 0.25) is 5.75 Å². The Morgan fingerprint density at radius 3 is 2.61 bits per heavy atom. The van der Waals surface area contributed by atoms with Gasteiger partial charge in [0, 0.05) is 12.5 Å². The van der Waals surface area contributed by atoms with Crippen molar-refractivity contribution in [1.82, 2.24) is 15.0 Å². The van der Waals surface area contributed by atoms with Crippen molar-refractivity contribution >= 4 is 11.3 Å². The van der Waals surface area contributed by atoms with Gasteiger partial charge in [-0.1, -0.05) is 18.2 Å². The van der Waals surface area contributed by atoms with E-state index < -0.39 is 52.1 Å². The van der Waals surface area contributed by atoms with Crippen molar-refractivity contribution in [3.63, 3.8) is 0 Å². The highest BCUT2D eigenvalue weighted by molar-refractivity contribution is 6.02. The van der Waals surface area contributed by atoms with Gasteiger partial charge >= 0.3 is 0 Å². The van der Waals surface area contributed by atoms with Crippen LogP contribution in [-0.2, 0) is 12.5 Å². The normalized spacial score (nSPS) is 15.4. The van der Waals surface area contributed by atoms with Gasteiger partial charge in [0.1, 0.15) is 11.9 Å². The molecular formula is C24H17F4N5O3. The summed E-state index contributed by atoms with van der Waals surface area (Å²) in [7, 11) is 0. The van der Waals surface area contributed by atoms with Crippen LogP contribution in [0.4, 0.5) is 17.6 Å². The summed E-state index contributed by atoms with van der Waals surface area (Å²) in [4.78, 5) is 16.8. The number of hydrogen-bond donors (Lipinski definition) is 2. The van der Waals surface area contributed by atoms with E-state index in [1.807, 2.05) is 0 Å². The van der Waals surface area contributed by atoms with E-state index in [0.29, 0.717) is 18.1 Å². The highest BCUT2D eigenvalue weighted by atomic mass is 19.3. The number of aliphatic hydroxyl groups excluding tert-OH is 1. The second kappa shape index (κ2) is 9.63. The van der Waals surface area contributed by atoms with Crippen LogP contribution in [0.5, 0.6) is 11.5 Å². The van der Waals surface area contributed by atoms with Crippen molar-refractivity contribution in [3.05, 3.63) is 93.7 Å². The van der Waals surface area contributed by atoms with Crippen LogP contribution < -0.4 is 15.7 Å². The molecule has 36 heavy (non-hydrogen) atoms. The third kappa shape index (κ3) is 4.96. The lowest BCUT2D eigenvalue weighted by Crippen LogP contribution is -2.34. The molecule has 2 heterocycles. The molecule has 1 aromatic heterocycles. The van der Waals surface area contributed by atoms with Gasteiger partial charge in [-0.15, -0.1) is 0 Å². The Kier molecular flexibility index (Phi) is 6.59. The average Bonchev–Trinajstić information content (AvgIpc) is 2.84. The Morgan fingerprint density at radius 2 is 1.94 bits per heavy atom. The number of ether oxygens (including phenoxy) is 1. The molecule has 0 fully saturated rings. The first-order valence-corrected chi connectivity index (χ1v) is 10.4. The number of alkyl halides is 2. The van der Waals surface area contributed by atoms with Gasteiger partial charge < -0.3 is 9.84 Å². The van der Waals surface area contributed by atoms with Crippen molar-refractivity contribution in [2.45, 2.75) is 25.6 Å². The number of benzene rings is 2. The first-order chi connectivity index (χ1) is 17.1. The predicted octanol–water partition coefficient (Wildman–Crippen LogP) is 3.66. The van der Waals surface area contributed by atoms with E-state index in [1.165, 1.54) is 36.4 Å². The zero-order valence-corrected chi connectivity index (χ0v) is 18.5. The van der Waals surface area contributed by atoms with Crippen molar-refractivity contribution in [2.24, 2.45) is 5.10 Å². The quantitative estimate of drug-likeness (QED) is 0.501. The number of nitrogens with zero attached hydrogens (tertiary/aromatic N) is 4. The van der Waals surface area contributed by atoms with Crippen LogP contribution in [0.15, 0.2) is 64.8 Å².